The van der Waals surface area contributed by atoms with Crippen molar-refractivity contribution in [2.45, 2.75) is 32.5 Å². The number of allylic oxidation sites excluding steroid dienone is 2. The van der Waals surface area contributed by atoms with Crippen molar-refractivity contribution >= 4 is 11.4 Å². The van der Waals surface area contributed by atoms with Crippen LogP contribution in [0, 0.1) is 5.92 Å². The number of hydrogen-bond donors (Lipinski definition) is 0. The predicted octanol–water partition coefficient (Wildman–Crippen LogP) is 3.81. The maximum atomic E-state index is 5.66. The first-order valence-electron chi connectivity index (χ1n) is 9.42. The Labute approximate surface area is 166 Å². The lowest BCUT2D eigenvalue weighted by atomic mass is 9.79. The highest BCUT2D eigenvalue weighted by molar-refractivity contribution is 6.17. The monoisotopic (exact) mass is 384 g/mol. The Morgan fingerprint density at radius 1 is 0.893 bits per heavy atom. The summed E-state index contributed by atoms with van der Waals surface area (Å²) in [6, 6.07) is 5.78. The highest BCUT2D eigenvalue weighted by Crippen LogP contribution is 2.37. The molecule has 0 spiro atoms. The van der Waals surface area contributed by atoms with E-state index >= 15 is 0 Å². The van der Waals surface area contributed by atoms with Crippen LogP contribution in [0.2, 0.25) is 0 Å². The van der Waals surface area contributed by atoms with Gasteiger partial charge in [0.1, 0.15) is 17.9 Å². The van der Waals surface area contributed by atoms with Crippen molar-refractivity contribution in [3.63, 3.8) is 0 Å². The van der Waals surface area contributed by atoms with Gasteiger partial charge in [-0.3, -0.25) is 0 Å². The highest BCUT2D eigenvalue weighted by Gasteiger charge is 2.33. The van der Waals surface area contributed by atoms with E-state index < -0.39 is 0 Å². The highest BCUT2D eigenvalue weighted by atomic mass is 16.5. The third kappa shape index (κ3) is 3.62. The van der Waals surface area contributed by atoms with Crippen molar-refractivity contribution < 1.29 is 18.9 Å². The van der Waals surface area contributed by atoms with Crippen LogP contribution in [0.25, 0.3) is 0 Å². The Balaban J connectivity index is 2.16. The van der Waals surface area contributed by atoms with E-state index in [1.165, 1.54) is 5.57 Å². The fourth-order valence-electron chi connectivity index (χ4n) is 3.83. The molecule has 0 bridgehead atoms. The molecule has 0 N–H and O–H groups in total. The van der Waals surface area contributed by atoms with Crippen molar-refractivity contribution in [2.24, 2.45) is 16.1 Å². The van der Waals surface area contributed by atoms with Crippen molar-refractivity contribution in [1.82, 2.24) is 0 Å². The van der Waals surface area contributed by atoms with Crippen molar-refractivity contribution in [1.29, 1.82) is 0 Å². The molecule has 0 fully saturated rings. The standard InChI is InChI=1S/C22H28N2O4/c1-7-15-13(2)23-24-22(14-8-9-18(25-3)19(10-14)26-4)17-12-21(28-6)20(27-5)11-16(15)17/h8-12,15,20-21H,7H2,1-6H3. The largest absolute Gasteiger partial charge is 0.493 e. The van der Waals surface area contributed by atoms with Crippen LogP contribution in [-0.4, -0.2) is 52.1 Å². The lowest BCUT2D eigenvalue weighted by Gasteiger charge is -2.30. The summed E-state index contributed by atoms with van der Waals surface area (Å²) in [5.74, 6) is 1.51. The number of benzene rings is 1. The van der Waals surface area contributed by atoms with Crippen LogP contribution < -0.4 is 9.47 Å². The zero-order valence-electron chi connectivity index (χ0n) is 17.4. The average molecular weight is 384 g/mol. The fourth-order valence-corrected chi connectivity index (χ4v) is 3.83. The van der Waals surface area contributed by atoms with Crippen molar-refractivity contribution in [3.8, 4) is 11.5 Å². The Kier molecular flexibility index (Phi) is 6.31. The van der Waals surface area contributed by atoms with Gasteiger partial charge in [-0.05, 0) is 49.3 Å². The molecule has 1 aromatic carbocycles. The van der Waals surface area contributed by atoms with Gasteiger partial charge in [-0.1, -0.05) is 6.92 Å². The van der Waals surface area contributed by atoms with Crippen LogP contribution in [0.15, 0.2) is 51.7 Å². The fraction of sp³-hybridized carbons (Fsp3) is 0.455. The summed E-state index contributed by atoms with van der Waals surface area (Å²) in [6.45, 7) is 4.19. The Bertz CT molecular complexity index is 854. The van der Waals surface area contributed by atoms with Crippen LogP contribution in [0.3, 0.4) is 0 Å². The molecule has 28 heavy (non-hydrogen) atoms. The van der Waals surface area contributed by atoms with Gasteiger partial charge in [0.2, 0.25) is 0 Å². The van der Waals surface area contributed by atoms with Crippen molar-refractivity contribution in [3.05, 3.63) is 47.1 Å². The molecular formula is C22H28N2O4. The average Bonchev–Trinajstić information content (AvgIpc) is 2.87. The second-order valence-corrected chi connectivity index (χ2v) is 6.82. The minimum Gasteiger partial charge on any atom is -0.493 e. The first-order chi connectivity index (χ1) is 13.6. The zero-order chi connectivity index (χ0) is 20.3. The molecule has 150 valence electrons. The molecule has 1 aliphatic carbocycles. The molecule has 1 aromatic rings. The first-order valence-corrected chi connectivity index (χ1v) is 9.42. The molecule has 3 unspecified atom stereocenters. The molecule has 0 saturated carbocycles. The molecule has 6 nitrogen and oxygen atoms in total. The van der Waals surface area contributed by atoms with E-state index in [0.29, 0.717) is 11.5 Å². The van der Waals surface area contributed by atoms with Gasteiger partial charge in [-0.2, -0.15) is 5.10 Å². The summed E-state index contributed by atoms with van der Waals surface area (Å²) >= 11 is 0. The Hall–Kier alpha value is -2.44. The third-order valence-electron chi connectivity index (χ3n) is 5.36. The van der Waals surface area contributed by atoms with Gasteiger partial charge in [0.05, 0.1) is 14.2 Å². The van der Waals surface area contributed by atoms with E-state index in [4.69, 9.17) is 18.9 Å². The van der Waals surface area contributed by atoms with Gasteiger partial charge in [-0.25, -0.2) is 0 Å². The molecule has 0 aromatic heterocycles. The Morgan fingerprint density at radius 3 is 2.18 bits per heavy atom. The summed E-state index contributed by atoms with van der Waals surface area (Å²) in [5.41, 5.74) is 4.89. The van der Waals surface area contributed by atoms with Crippen LogP contribution in [0.1, 0.15) is 25.8 Å². The van der Waals surface area contributed by atoms with Crippen LogP contribution >= 0.6 is 0 Å². The summed E-state index contributed by atoms with van der Waals surface area (Å²) in [7, 11) is 6.64. The molecular weight excluding hydrogens is 356 g/mol. The quantitative estimate of drug-likeness (QED) is 0.748. The van der Waals surface area contributed by atoms with E-state index in [1.807, 2.05) is 25.1 Å². The second kappa shape index (κ2) is 8.71. The molecule has 2 aliphatic rings. The van der Waals surface area contributed by atoms with E-state index in [-0.39, 0.29) is 18.1 Å². The van der Waals surface area contributed by atoms with Gasteiger partial charge in [-0.15, -0.1) is 5.10 Å². The maximum Gasteiger partial charge on any atom is 0.161 e. The van der Waals surface area contributed by atoms with E-state index in [0.717, 1.165) is 29.0 Å². The van der Waals surface area contributed by atoms with Gasteiger partial charge >= 0.3 is 0 Å². The summed E-state index contributed by atoms with van der Waals surface area (Å²) in [5, 5.41) is 9.14. The lowest BCUT2D eigenvalue weighted by Crippen LogP contribution is -2.33. The minimum atomic E-state index is -0.190. The second-order valence-electron chi connectivity index (χ2n) is 6.82. The van der Waals surface area contributed by atoms with Gasteiger partial charge in [0.25, 0.3) is 0 Å². The summed E-state index contributed by atoms with van der Waals surface area (Å²) < 4.78 is 22.2. The molecule has 3 rings (SSSR count). The number of nitrogens with zero attached hydrogens (tertiary/aromatic N) is 2. The SMILES string of the molecule is CCC1C2=CC(OC)C(OC)C=C2C(c2ccc(OC)c(OC)c2)=NN=C1C. The van der Waals surface area contributed by atoms with Crippen LogP contribution in [-0.2, 0) is 9.47 Å². The lowest BCUT2D eigenvalue weighted by molar-refractivity contribution is 0.0129. The Morgan fingerprint density at radius 2 is 1.57 bits per heavy atom. The molecule has 3 atom stereocenters. The van der Waals surface area contributed by atoms with Crippen LogP contribution in [0.4, 0.5) is 0 Å². The van der Waals surface area contributed by atoms with E-state index in [1.54, 1.807) is 28.4 Å². The van der Waals surface area contributed by atoms with Gasteiger partial charge in [0.15, 0.2) is 11.5 Å². The third-order valence-corrected chi connectivity index (χ3v) is 5.36. The molecule has 6 heteroatoms. The normalized spacial score (nSPS) is 24.3. The first kappa shape index (κ1) is 20.3. The molecule has 1 aliphatic heterocycles. The topological polar surface area (TPSA) is 61.6 Å². The van der Waals surface area contributed by atoms with Crippen molar-refractivity contribution in [2.75, 3.05) is 28.4 Å². The van der Waals surface area contributed by atoms with Crippen LogP contribution in [0.5, 0.6) is 11.5 Å². The minimum absolute atomic E-state index is 0.143. The molecule has 0 saturated heterocycles. The van der Waals surface area contributed by atoms with Gasteiger partial charge in [0, 0.05) is 37.0 Å². The molecule has 0 amide bonds. The zero-order valence-corrected chi connectivity index (χ0v) is 17.4. The number of hydrogen-bond acceptors (Lipinski definition) is 6. The molecule has 1 heterocycles. The summed E-state index contributed by atoms with van der Waals surface area (Å²) in [6.07, 6.45) is 4.84. The van der Waals surface area contributed by atoms with E-state index in [2.05, 4.69) is 29.3 Å². The van der Waals surface area contributed by atoms with Gasteiger partial charge < -0.3 is 18.9 Å². The maximum absolute atomic E-state index is 5.66. The number of rotatable bonds is 6. The number of fused-ring (bicyclic) bond motifs is 1. The van der Waals surface area contributed by atoms with E-state index in [9.17, 15) is 0 Å². The smallest absolute Gasteiger partial charge is 0.161 e. The molecule has 0 radical (unpaired) electrons. The number of ether oxygens (including phenoxy) is 4. The number of methoxy groups -OCH3 is 4. The summed E-state index contributed by atoms with van der Waals surface area (Å²) in [4.78, 5) is 0. The predicted molar refractivity (Wildman–Crippen MR) is 111 cm³/mol.